The van der Waals surface area contributed by atoms with Crippen LogP contribution in [0.2, 0.25) is 0 Å². The van der Waals surface area contributed by atoms with Crippen LogP contribution in [-0.4, -0.2) is 22.6 Å². The van der Waals surface area contributed by atoms with Crippen molar-refractivity contribution in [2.75, 3.05) is 6.61 Å². The highest BCUT2D eigenvalue weighted by Crippen LogP contribution is 1.93. The van der Waals surface area contributed by atoms with Crippen LogP contribution in [0.3, 0.4) is 0 Å². The minimum Gasteiger partial charge on any atom is -0.413 e. The first kappa shape index (κ1) is 7.78. The lowest BCUT2D eigenvalue weighted by Crippen LogP contribution is -2.13. The van der Waals surface area contributed by atoms with E-state index in [9.17, 15) is 4.79 Å². The van der Waals surface area contributed by atoms with Gasteiger partial charge in [-0.05, 0) is 6.92 Å². The SMILES string of the molecule is CCOn1ccnc1CC=O. The summed E-state index contributed by atoms with van der Waals surface area (Å²) in [6.07, 6.45) is 4.39. The quantitative estimate of drug-likeness (QED) is 0.576. The van der Waals surface area contributed by atoms with E-state index in [0.717, 1.165) is 6.29 Å². The van der Waals surface area contributed by atoms with E-state index in [-0.39, 0.29) is 0 Å². The van der Waals surface area contributed by atoms with Crippen LogP contribution < -0.4 is 4.84 Å². The highest BCUT2D eigenvalue weighted by atomic mass is 16.7. The topological polar surface area (TPSA) is 44.1 Å². The number of imidazole rings is 1. The summed E-state index contributed by atoms with van der Waals surface area (Å²) < 4.78 is 1.51. The fourth-order valence-corrected chi connectivity index (χ4v) is 0.797. The van der Waals surface area contributed by atoms with Crippen LogP contribution in [0.4, 0.5) is 0 Å². The van der Waals surface area contributed by atoms with Gasteiger partial charge >= 0.3 is 0 Å². The summed E-state index contributed by atoms with van der Waals surface area (Å²) in [6, 6.07) is 0. The second kappa shape index (κ2) is 3.75. The molecule has 0 atom stereocenters. The lowest BCUT2D eigenvalue weighted by atomic mass is 10.5. The second-order valence-electron chi connectivity index (χ2n) is 1.96. The summed E-state index contributed by atoms with van der Waals surface area (Å²) in [7, 11) is 0. The summed E-state index contributed by atoms with van der Waals surface area (Å²) in [6.45, 7) is 2.45. The Kier molecular flexibility index (Phi) is 2.66. The van der Waals surface area contributed by atoms with Gasteiger partial charge in [0, 0.05) is 6.20 Å². The van der Waals surface area contributed by atoms with Gasteiger partial charge in [-0.25, -0.2) is 4.98 Å². The summed E-state index contributed by atoms with van der Waals surface area (Å²) in [5.74, 6) is 0.641. The standard InChI is InChI=1S/C7H10N2O2/c1-2-11-9-5-4-8-7(9)3-6-10/h4-6H,2-3H2,1H3. The molecule has 0 aliphatic carbocycles. The van der Waals surface area contributed by atoms with Gasteiger partial charge in [0.05, 0.1) is 12.6 Å². The fraction of sp³-hybridized carbons (Fsp3) is 0.429. The van der Waals surface area contributed by atoms with Crippen LogP contribution in [0, 0.1) is 0 Å². The number of hydrogen-bond acceptors (Lipinski definition) is 3. The van der Waals surface area contributed by atoms with Crippen molar-refractivity contribution in [3.05, 3.63) is 18.2 Å². The van der Waals surface area contributed by atoms with Crippen molar-refractivity contribution < 1.29 is 9.63 Å². The molecule has 1 rings (SSSR count). The molecule has 0 saturated carbocycles. The molecule has 11 heavy (non-hydrogen) atoms. The van der Waals surface area contributed by atoms with Crippen molar-refractivity contribution in [1.29, 1.82) is 0 Å². The number of carbonyl (C=O) groups excluding carboxylic acids is 1. The molecule has 0 saturated heterocycles. The van der Waals surface area contributed by atoms with Crippen LogP contribution in [0.5, 0.6) is 0 Å². The van der Waals surface area contributed by atoms with Gasteiger partial charge < -0.3 is 9.63 Å². The molecule has 0 amide bonds. The maximum absolute atomic E-state index is 10.1. The first-order chi connectivity index (χ1) is 5.38. The predicted octanol–water partition coefficient (Wildman–Crippen LogP) is 0.0730. The zero-order valence-electron chi connectivity index (χ0n) is 6.36. The molecule has 0 aliphatic heterocycles. The van der Waals surface area contributed by atoms with Crippen molar-refractivity contribution in [3.8, 4) is 0 Å². The molecule has 1 aromatic heterocycles. The lowest BCUT2D eigenvalue weighted by Gasteiger charge is -2.04. The molecule has 4 heteroatoms. The highest BCUT2D eigenvalue weighted by Gasteiger charge is 2.00. The fourth-order valence-electron chi connectivity index (χ4n) is 0.797. The van der Waals surface area contributed by atoms with E-state index in [1.54, 1.807) is 12.4 Å². The molecular formula is C7H10N2O2. The monoisotopic (exact) mass is 154 g/mol. The van der Waals surface area contributed by atoms with Crippen molar-refractivity contribution >= 4 is 6.29 Å². The Labute approximate surface area is 64.8 Å². The molecule has 0 unspecified atom stereocenters. The van der Waals surface area contributed by atoms with Gasteiger partial charge in [-0.1, -0.05) is 0 Å². The van der Waals surface area contributed by atoms with Gasteiger partial charge in [-0.2, -0.15) is 4.73 Å². The van der Waals surface area contributed by atoms with Crippen molar-refractivity contribution in [1.82, 2.24) is 9.71 Å². The summed E-state index contributed by atoms with van der Waals surface area (Å²) in [4.78, 5) is 19.2. The Morgan fingerprint density at radius 1 is 1.82 bits per heavy atom. The molecular weight excluding hydrogens is 144 g/mol. The minimum atomic E-state index is 0.299. The van der Waals surface area contributed by atoms with E-state index < -0.39 is 0 Å². The zero-order chi connectivity index (χ0) is 8.10. The average Bonchev–Trinajstić information content (AvgIpc) is 2.39. The van der Waals surface area contributed by atoms with Gasteiger partial charge in [0.2, 0.25) is 0 Å². The van der Waals surface area contributed by atoms with Gasteiger partial charge in [-0.3, -0.25) is 0 Å². The smallest absolute Gasteiger partial charge is 0.151 e. The number of hydrogen-bond donors (Lipinski definition) is 0. The van der Waals surface area contributed by atoms with Crippen molar-refractivity contribution in [2.45, 2.75) is 13.3 Å². The third-order valence-electron chi connectivity index (χ3n) is 1.21. The van der Waals surface area contributed by atoms with Gasteiger partial charge in [0.25, 0.3) is 0 Å². The van der Waals surface area contributed by atoms with E-state index >= 15 is 0 Å². The van der Waals surface area contributed by atoms with Crippen LogP contribution in [-0.2, 0) is 11.2 Å². The summed E-state index contributed by atoms with van der Waals surface area (Å²) in [5, 5.41) is 0. The first-order valence-electron chi connectivity index (χ1n) is 3.47. The normalized spacial score (nSPS) is 9.55. The summed E-state index contributed by atoms with van der Waals surface area (Å²) in [5.41, 5.74) is 0. The number of aldehydes is 1. The van der Waals surface area contributed by atoms with E-state index in [2.05, 4.69) is 4.98 Å². The molecule has 1 aromatic rings. The number of nitrogens with zero attached hydrogens (tertiary/aromatic N) is 2. The number of rotatable bonds is 4. The molecule has 0 bridgehead atoms. The molecule has 0 spiro atoms. The zero-order valence-corrected chi connectivity index (χ0v) is 6.36. The Morgan fingerprint density at radius 2 is 2.64 bits per heavy atom. The molecule has 0 radical (unpaired) electrons. The molecule has 0 aliphatic rings. The molecule has 0 fully saturated rings. The highest BCUT2D eigenvalue weighted by molar-refractivity contribution is 5.52. The van der Waals surface area contributed by atoms with E-state index in [1.807, 2.05) is 6.92 Å². The third-order valence-corrected chi connectivity index (χ3v) is 1.21. The number of aromatic nitrogens is 2. The molecule has 0 aromatic carbocycles. The second-order valence-corrected chi connectivity index (χ2v) is 1.96. The van der Waals surface area contributed by atoms with Gasteiger partial charge in [0.15, 0.2) is 5.82 Å². The van der Waals surface area contributed by atoms with E-state index in [4.69, 9.17) is 4.84 Å². The summed E-state index contributed by atoms with van der Waals surface area (Å²) >= 11 is 0. The Balaban J connectivity index is 2.69. The van der Waals surface area contributed by atoms with Crippen molar-refractivity contribution in [2.24, 2.45) is 0 Å². The minimum absolute atomic E-state index is 0.299. The van der Waals surface area contributed by atoms with Crippen LogP contribution in [0.1, 0.15) is 12.7 Å². The molecule has 0 N–H and O–H groups in total. The first-order valence-corrected chi connectivity index (χ1v) is 3.47. The Bertz CT molecular complexity index is 232. The lowest BCUT2D eigenvalue weighted by molar-refractivity contribution is -0.107. The van der Waals surface area contributed by atoms with E-state index in [1.165, 1.54) is 4.73 Å². The maximum atomic E-state index is 10.1. The largest absolute Gasteiger partial charge is 0.413 e. The van der Waals surface area contributed by atoms with Crippen LogP contribution in [0.15, 0.2) is 12.4 Å². The van der Waals surface area contributed by atoms with Crippen molar-refractivity contribution in [3.63, 3.8) is 0 Å². The average molecular weight is 154 g/mol. The third kappa shape index (κ3) is 1.80. The predicted molar refractivity (Wildman–Crippen MR) is 39.1 cm³/mol. The number of carbonyl (C=O) groups is 1. The van der Waals surface area contributed by atoms with Gasteiger partial charge in [-0.15, -0.1) is 0 Å². The van der Waals surface area contributed by atoms with Crippen LogP contribution in [0.25, 0.3) is 0 Å². The molecule has 60 valence electrons. The Hall–Kier alpha value is -1.32. The molecule has 1 heterocycles. The van der Waals surface area contributed by atoms with Gasteiger partial charge in [0.1, 0.15) is 12.9 Å². The Morgan fingerprint density at radius 3 is 3.27 bits per heavy atom. The molecule has 4 nitrogen and oxygen atoms in total. The van der Waals surface area contributed by atoms with Crippen LogP contribution >= 0.6 is 0 Å². The van der Waals surface area contributed by atoms with E-state index in [0.29, 0.717) is 18.9 Å². The maximum Gasteiger partial charge on any atom is 0.151 e.